The van der Waals surface area contributed by atoms with E-state index in [9.17, 15) is 0 Å². The second-order valence-electron chi connectivity index (χ2n) is 4.76. The lowest BCUT2D eigenvalue weighted by Gasteiger charge is -2.39. The normalized spacial score (nSPS) is 18.4. The van der Waals surface area contributed by atoms with E-state index in [2.05, 4.69) is 35.0 Å². The minimum Gasteiger partial charge on any atom is -0.355 e. The fourth-order valence-electron chi connectivity index (χ4n) is 1.90. The Morgan fingerprint density at radius 3 is 2.89 bits per heavy atom. The number of halogens is 1. The molecule has 0 radical (unpaired) electrons. The summed E-state index contributed by atoms with van der Waals surface area (Å²) in [5.41, 5.74) is 0. The Labute approximate surface area is 143 Å². The van der Waals surface area contributed by atoms with E-state index in [1.165, 1.54) is 5.75 Å². The van der Waals surface area contributed by atoms with Crippen molar-refractivity contribution in [2.75, 3.05) is 43.9 Å². The highest BCUT2D eigenvalue weighted by Crippen LogP contribution is 2.29. The van der Waals surface area contributed by atoms with Crippen molar-refractivity contribution in [1.82, 2.24) is 10.2 Å². The van der Waals surface area contributed by atoms with Crippen LogP contribution in [0.3, 0.4) is 0 Å². The Bertz CT molecular complexity index is 326. The molecule has 3 nitrogen and oxygen atoms in total. The maximum absolute atomic E-state index is 5.22. The first-order valence-corrected chi connectivity index (χ1v) is 8.34. The van der Waals surface area contributed by atoms with Crippen LogP contribution < -0.4 is 5.32 Å². The molecule has 6 heteroatoms. The summed E-state index contributed by atoms with van der Waals surface area (Å²) >= 11 is 3.81. The number of nitrogens with zero attached hydrogens (tertiary/aromatic N) is 2. The molecule has 1 fully saturated rings. The monoisotopic (exact) mass is 413 g/mol. The smallest absolute Gasteiger partial charge is 0.193 e. The Morgan fingerprint density at radius 2 is 2.32 bits per heavy atom. The van der Waals surface area contributed by atoms with Crippen LogP contribution >= 0.6 is 47.5 Å². The fraction of sp³-hybridized carbons (Fsp3) is 0.769. The third-order valence-electron chi connectivity index (χ3n) is 2.65. The minimum atomic E-state index is 0. The lowest BCUT2D eigenvalue weighted by molar-refractivity contribution is 0.377. The van der Waals surface area contributed by atoms with E-state index in [-0.39, 0.29) is 24.0 Å². The summed E-state index contributed by atoms with van der Waals surface area (Å²) < 4.78 is 0.314. The summed E-state index contributed by atoms with van der Waals surface area (Å²) in [4.78, 5) is 6.72. The quantitative estimate of drug-likeness (QED) is 0.252. The van der Waals surface area contributed by atoms with Gasteiger partial charge >= 0.3 is 0 Å². The van der Waals surface area contributed by atoms with Crippen LogP contribution in [0, 0.1) is 12.3 Å². The number of guanidine groups is 1. The summed E-state index contributed by atoms with van der Waals surface area (Å²) in [5, 5.41) is 3.41. The molecule has 1 saturated heterocycles. The van der Waals surface area contributed by atoms with Crippen molar-refractivity contribution < 1.29 is 0 Å². The van der Waals surface area contributed by atoms with Gasteiger partial charge in [0.05, 0.1) is 5.75 Å². The van der Waals surface area contributed by atoms with Crippen LogP contribution in [0.4, 0.5) is 0 Å². The van der Waals surface area contributed by atoms with Gasteiger partial charge in [0.2, 0.25) is 0 Å². The summed E-state index contributed by atoms with van der Waals surface area (Å²) in [6.07, 6.45) is 5.22. The molecule has 0 spiro atoms. The van der Waals surface area contributed by atoms with Gasteiger partial charge in [0.25, 0.3) is 0 Å². The number of thioether (sulfide) groups is 2. The number of hydrogen-bond acceptors (Lipinski definition) is 3. The van der Waals surface area contributed by atoms with Crippen molar-refractivity contribution in [3.63, 3.8) is 0 Å². The van der Waals surface area contributed by atoms with Gasteiger partial charge in [0.1, 0.15) is 0 Å². The molecule has 0 saturated carbocycles. The maximum Gasteiger partial charge on any atom is 0.193 e. The van der Waals surface area contributed by atoms with Gasteiger partial charge in [-0.2, -0.15) is 11.8 Å². The van der Waals surface area contributed by atoms with Crippen LogP contribution in [0.25, 0.3) is 0 Å². The number of terminal acetylenes is 1. The summed E-state index contributed by atoms with van der Waals surface area (Å²) in [7, 11) is 1.85. The van der Waals surface area contributed by atoms with E-state index in [0.717, 1.165) is 37.1 Å². The van der Waals surface area contributed by atoms with Crippen LogP contribution in [0.2, 0.25) is 0 Å². The van der Waals surface area contributed by atoms with Crippen LogP contribution in [0.5, 0.6) is 0 Å². The molecule has 110 valence electrons. The fourth-order valence-corrected chi connectivity index (χ4v) is 3.52. The molecule has 0 unspecified atom stereocenters. The van der Waals surface area contributed by atoms with Gasteiger partial charge in [-0.1, -0.05) is 5.92 Å². The van der Waals surface area contributed by atoms with E-state index >= 15 is 0 Å². The zero-order chi connectivity index (χ0) is 13.4. The third kappa shape index (κ3) is 7.57. The average Bonchev–Trinajstić information content (AvgIpc) is 2.32. The van der Waals surface area contributed by atoms with Crippen molar-refractivity contribution >= 4 is 53.5 Å². The average molecular weight is 413 g/mol. The molecular formula is C13H24IN3S2. The largest absolute Gasteiger partial charge is 0.355 e. The SMILES string of the molecule is C#CCSCCNC(=NC)N1CCSC(C)(C)C1.I. The minimum absolute atomic E-state index is 0. The summed E-state index contributed by atoms with van der Waals surface area (Å²) in [5.74, 6) is 6.63. The zero-order valence-electron chi connectivity index (χ0n) is 11.9. The van der Waals surface area contributed by atoms with Crippen LogP contribution in [-0.2, 0) is 0 Å². The topological polar surface area (TPSA) is 27.6 Å². The molecule has 0 aliphatic carbocycles. The molecule has 1 aliphatic rings. The summed E-state index contributed by atoms with van der Waals surface area (Å²) in [6.45, 7) is 7.63. The van der Waals surface area contributed by atoms with Gasteiger partial charge in [0, 0.05) is 42.9 Å². The molecule has 19 heavy (non-hydrogen) atoms. The molecule has 1 N–H and O–H groups in total. The Kier molecular flexibility index (Phi) is 10.2. The van der Waals surface area contributed by atoms with Crippen LogP contribution in [0.1, 0.15) is 13.8 Å². The van der Waals surface area contributed by atoms with E-state index in [1.54, 1.807) is 11.8 Å². The molecular weight excluding hydrogens is 389 g/mol. The highest BCUT2D eigenvalue weighted by molar-refractivity contribution is 14.0. The van der Waals surface area contributed by atoms with Crippen molar-refractivity contribution in [3.05, 3.63) is 0 Å². The second kappa shape index (κ2) is 10.1. The number of nitrogens with one attached hydrogen (secondary N) is 1. The molecule has 0 bridgehead atoms. The number of rotatable bonds is 4. The Morgan fingerprint density at radius 1 is 1.58 bits per heavy atom. The van der Waals surface area contributed by atoms with E-state index in [0.29, 0.717) is 4.75 Å². The van der Waals surface area contributed by atoms with Crippen molar-refractivity contribution in [2.24, 2.45) is 4.99 Å². The third-order valence-corrected chi connectivity index (χ3v) is 4.81. The van der Waals surface area contributed by atoms with E-state index < -0.39 is 0 Å². The first-order chi connectivity index (χ1) is 8.59. The first kappa shape index (κ1) is 19.3. The lowest BCUT2D eigenvalue weighted by atomic mass is 10.2. The second-order valence-corrected chi connectivity index (χ2v) is 7.67. The van der Waals surface area contributed by atoms with Gasteiger partial charge < -0.3 is 10.2 Å². The number of aliphatic imine (C=N–C) groups is 1. The molecule has 0 amide bonds. The lowest BCUT2D eigenvalue weighted by Crippen LogP contribution is -2.51. The number of hydrogen-bond donors (Lipinski definition) is 1. The highest BCUT2D eigenvalue weighted by Gasteiger charge is 2.28. The molecule has 1 rings (SSSR count). The van der Waals surface area contributed by atoms with Gasteiger partial charge in [-0.15, -0.1) is 42.2 Å². The Hall–Kier alpha value is 0.260. The van der Waals surface area contributed by atoms with Crippen LogP contribution in [0.15, 0.2) is 4.99 Å². The highest BCUT2D eigenvalue weighted by atomic mass is 127. The zero-order valence-corrected chi connectivity index (χ0v) is 15.9. The van der Waals surface area contributed by atoms with Crippen LogP contribution in [-0.4, -0.2) is 59.5 Å². The first-order valence-electron chi connectivity index (χ1n) is 6.20. The molecule has 1 aliphatic heterocycles. The molecule has 1 heterocycles. The predicted octanol–water partition coefficient (Wildman–Crippen LogP) is 2.37. The van der Waals surface area contributed by atoms with Crippen molar-refractivity contribution in [2.45, 2.75) is 18.6 Å². The summed E-state index contributed by atoms with van der Waals surface area (Å²) in [6, 6.07) is 0. The molecule has 0 aromatic heterocycles. The standard InChI is InChI=1S/C13H23N3S2.HI/c1-5-8-17-9-6-15-12(14-4)16-7-10-18-13(2,3)11-16;/h1H,6-11H2,2-4H3,(H,14,15);1H. The van der Waals surface area contributed by atoms with E-state index in [1.807, 2.05) is 18.8 Å². The molecule has 0 aromatic carbocycles. The van der Waals surface area contributed by atoms with Gasteiger partial charge in [-0.25, -0.2) is 0 Å². The molecule has 0 aromatic rings. The van der Waals surface area contributed by atoms with Gasteiger partial charge in [-0.3, -0.25) is 4.99 Å². The van der Waals surface area contributed by atoms with E-state index in [4.69, 9.17) is 6.42 Å². The van der Waals surface area contributed by atoms with Gasteiger partial charge in [-0.05, 0) is 13.8 Å². The van der Waals surface area contributed by atoms with Crippen molar-refractivity contribution in [1.29, 1.82) is 0 Å². The maximum atomic E-state index is 5.22. The van der Waals surface area contributed by atoms with Gasteiger partial charge in [0.15, 0.2) is 5.96 Å². The molecule has 0 atom stereocenters. The predicted molar refractivity (Wildman–Crippen MR) is 101 cm³/mol. The Balaban J connectivity index is 0.00000324. The van der Waals surface area contributed by atoms with Crippen molar-refractivity contribution in [3.8, 4) is 12.3 Å².